The van der Waals surface area contributed by atoms with Crippen LogP contribution in [-0.4, -0.2) is 35.9 Å². The predicted molar refractivity (Wildman–Crippen MR) is 102 cm³/mol. The van der Waals surface area contributed by atoms with Crippen LogP contribution in [0.15, 0.2) is 35.5 Å². The van der Waals surface area contributed by atoms with Crippen molar-refractivity contribution in [1.82, 2.24) is 0 Å². The molecule has 0 bridgehead atoms. The van der Waals surface area contributed by atoms with Gasteiger partial charge in [0.25, 0.3) is 0 Å². The van der Waals surface area contributed by atoms with Crippen molar-refractivity contribution >= 4 is 11.9 Å². The molecule has 0 amide bonds. The van der Waals surface area contributed by atoms with Crippen molar-refractivity contribution in [3.05, 3.63) is 35.5 Å². The van der Waals surface area contributed by atoms with Crippen molar-refractivity contribution in [2.45, 2.75) is 83.7 Å². The summed E-state index contributed by atoms with van der Waals surface area (Å²) in [6, 6.07) is 0. The molecule has 5 atom stereocenters. The standard InChI is InChI=1S/C22H30O5/c1-13-7-6-8-14(2)11-18-17(15(3)21(24)26-18)12-20(25-16(4)23)22(5)19(27-22)10-9-13/h7,11,17-20H,3,6,8-10,12H2,1-2,4-5H3. The number of esters is 2. The van der Waals surface area contributed by atoms with E-state index in [0.717, 1.165) is 25.7 Å². The van der Waals surface area contributed by atoms with E-state index in [0.29, 0.717) is 12.0 Å². The number of hydrogen-bond donors (Lipinski definition) is 0. The summed E-state index contributed by atoms with van der Waals surface area (Å²) in [5, 5.41) is 0. The van der Waals surface area contributed by atoms with Crippen molar-refractivity contribution in [1.29, 1.82) is 0 Å². The van der Waals surface area contributed by atoms with Crippen LogP contribution in [0.5, 0.6) is 0 Å². The Morgan fingerprint density at radius 1 is 1.30 bits per heavy atom. The van der Waals surface area contributed by atoms with E-state index < -0.39 is 11.7 Å². The Morgan fingerprint density at radius 3 is 2.74 bits per heavy atom. The van der Waals surface area contributed by atoms with Gasteiger partial charge in [-0.1, -0.05) is 23.8 Å². The fraction of sp³-hybridized carbons (Fsp3) is 0.636. The molecule has 2 heterocycles. The topological polar surface area (TPSA) is 65.1 Å². The Balaban J connectivity index is 1.91. The SMILES string of the molecule is C=C1C(=O)OC2C=C(C)CCC=C(C)CCC3OC3(C)C(OC(C)=O)CC12. The zero-order valence-electron chi connectivity index (χ0n) is 16.7. The molecule has 5 unspecified atom stereocenters. The molecule has 0 aromatic heterocycles. The maximum absolute atomic E-state index is 12.1. The number of rotatable bonds is 1. The number of epoxide rings is 1. The van der Waals surface area contributed by atoms with Gasteiger partial charge >= 0.3 is 11.9 Å². The summed E-state index contributed by atoms with van der Waals surface area (Å²) in [6.07, 6.45) is 7.78. The number of allylic oxidation sites excluding steroid dienone is 3. The van der Waals surface area contributed by atoms with Gasteiger partial charge in [0.15, 0.2) is 0 Å². The minimum Gasteiger partial charge on any atom is -0.459 e. The normalized spacial score (nSPS) is 37.2. The van der Waals surface area contributed by atoms with Crippen molar-refractivity contribution in [2.75, 3.05) is 0 Å². The highest BCUT2D eigenvalue weighted by Gasteiger charge is 2.60. The molecule has 5 nitrogen and oxygen atoms in total. The average Bonchev–Trinajstić information content (AvgIpc) is 3.18. The van der Waals surface area contributed by atoms with Crippen molar-refractivity contribution in [2.24, 2.45) is 5.92 Å². The molecule has 0 aromatic carbocycles. The van der Waals surface area contributed by atoms with Gasteiger partial charge in [-0.25, -0.2) is 4.79 Å². The monoisotopic (exact) mass is 374 g/mol. The van der Waals surface area contributed by atoms with Crippen molar-refractivity contribution in [3.8, 4) is 0 Å². The van der Waals surface area contributed by atoms with Gasteiger partial charge in [0.05, 0.1) is 6.10 Å². The lowest BCUT2D eigenvalue weighted by molar-refractivity contribution is -0.151. The summed E-state index contributed by atoms with van der Waals surface area (Å²) in [5.74, 6) is -0.917. The minimum absolute atomic E-state index is 0.0511. The van der Waals surface area contributed by atoms with Gasteiger partial charge in [0.2, 0.25) is 0 Å². The molecule has 27 heavy (non-hydrogen) atoms. The Hall–Kier alpha value is -1.88. The van der Waals surface area contributed by atoms with Gasteiger partial charge in [-0.3, -0.25) is 4.79 Å². The molecule has 148 valence electrons. The van der Waals surface area contributed by atoms with E-state index in [4.69, 9.17) is 14.2 Å². The van der Waals surface area contributed by atoms with Gasteiger partial charge < -0.3 is 14.2 Å². The first-order valence-corrected chi connectivity index (χ1v) is 9.78. The number of carbonyl (C=O) groups is 2. The van der Waals surface area contributed by atoms with E-state index in [1.807, 2.05) is 13.0 Å². The fourth-order valence-electron chi connectivity index (χ4n) is 4.16. The summed E-state index contributed by atoms with van der Waals surface area (Å²) < 4.78 is 17.2. The lowest BCUT2D eigenvalue weighted by Gasteiger charge is -2.26. The molecule has 2 fully saturated rings. The largest absolute Gasteiger partial charge is 0.459 e. The highest BCUT2D eigenvalue weighted by atomic mass is 16.6. The number of ether oxygens (including phenoxy) is 3. The lowest BCUT2D eigenvalue weighted by Crippen LogP contribution is -2.37. The van der Waals surface area contributed by atoms with Gasteiger partial charge in [-0.15, -0.1) is 0 Å². The molecule has 0 N–H and O–H groups in total. The molecule has 0 aromatic rings. The minimum atomic E-state index is -0.523. The first-order valence-electron chi connectivity index (χ1n) is 9.78. The molecule has 0 spiro atoms. The second kappa shape index (κ2) is 7.63. The maximum atomic E-state index is 12.1. The van der Waals surface area contributed by atoms with Crippen molar-refractivity contribution in [3.63, 3.8) is 0 Å². The maximum Gasteiger partial charge on any atom is 0.334 e. The molecule has 2 aliphatic heterocycles. The van der Waals surface area contributed by atoms with Gasteiger partial charge in [-0.05, 0) is 59.0 Å². The molecular weight excluding hydrogens is 344 g/mol. The van der Waals surface area contributed by atoms with Crippen LogP contribution in [0.4, 0.5) is 0 Å². The Bertz CT molecular complexity index is 703. The van der Waals surface area contributed by atoms with E-state index >= 15 is 0 Å². The van der Waals surface area contributed by atoms with Crippen LogP contribution in [0, 0.1) is 5.92 Å². The summed E-state index contributed by atoms with van der Waals surface area (Å²) in [6.45, 7) is 11.5. The van der Waals surface area contributed by atoms with Gasteiger partial charge in [-0.2, -0.15) is 0 Å². The summed E-state index contributed by atoms with van der Waals surface area (Å²) >= 11 is 0. The van der Waals surface area contributed by atoms with E-state index in [-0.39, 0.29) is 30.1 Å². The molecule has 0 radical (unpaired) electrons. The molecule has 5 heteroatoms. The molecule has 1 aliphatic carbocycles. The Kier molecular flexibility index (Phi) is 5.61. The summed E-state index contributed by atoms with van der Waals surface area (Å²) in [4.78, 5) is 23.8. The van der Waals surface area contributed by atoms with E-state index in [1.54, 1.807) is 0 Å². The van der Waals surface area contributed by atoms with Crippen LogP contribution in [-0.2, 0) is 23.8 Å². The van der Waals surface area contributed by atoms with E-state index in [9.17, 15) is 9.59 Å². The average molecular weight is 374 g/mol. The first-order chi connectivity index (χ1) is 12.7. The second-order valence-electron chi connectivity index (χ2n) is 8.27. The molecule has 0 saturated carbocycles. The van der Waals surface area contributed by atoms with Crippen molar-refractivity contribution < 1.29 is 23.8 Å². The lowest BCUT2D eigenvalue weighted by atomic mass is 9.84. The third-order valence-electron chi connectivity index (χ3n) is 6.02. The first kappa shape index (κ1) is 19.9. The third kappa shape index (κ3) is 4.34. The fourth-order valence-corrected chi connectivity index (χ4v) is 4.16. The van der Waals surface area contributed by atoms with Crippen LogP contribution >= 0.6 is 0 Å². The zero-order chi connectivity index (χ0) is 19.8. The van der Waals surface area contributed by atoms with E-state index in [1.165, 1.54) is 18.1 Å². The highest BCUT2D eigenvalue weighted by molar-refractivity contribution is 5.91. The van der Waals surface area contributed by atoms with Crippen LogP contribution in [0.3, 0.4) is 0 Å². The van der Waals surface area contributed by atoms with Crippen LogP contribution in [0.1, 0.15) is 59.8 Å². The molecular formula is C22H30O5. The smallest absolute Gasteiger partial charge is 0.334 e. The van der Waals surface area contributed by atoms with Crippen LogP contribution < -0.4 is 0 Å². The zero-order valence-corrected chi connectivity index (χ0v) is 16.7. The van der Waals surface area contributed by atoms with E-state index in [2.05, 4.69) is 26.5 Å². The third-order valence-corrected chi connectivity index (χ3v) is 6.02. The summed E-state index contributed by atoms with van der Waals surface area (Å²) in [5.41, 5.74) is 2.46. The number of fused-ring (bicyclic) bond motifs is 2. The molecule has 3 rings (SSSR count). The number of hydrogen-bond acceptors (Lipinski definition) is 5. The molecule has 3 aliphatic rings. The number of carbonyl (C=O) groups excluding carboxylic acids is 2. The van der Waals surface area contributed by atoms with Crippen LogP contribution in [0.2, 0.25) is 0 Å². The van der Waals surface area contributed by atoms with Crippen LogP contribution in [0.25, 0.3) is 0 Å². The van der Waals surface area contributed by atoms with Gasteiger partial charge in [0, 0.05) is 18.4 Å². The highest BCUT2D eigenvalue weighted by Crippen LogP contribution is 2.47. The Morgan fingerprint density at radius 2 is 2.04 bits per heavy atom. The summed E-state index contributed by atoms with van der Waals surface area (Å²) in [7, 11) is 0. The van der Waals surface area contributed by atoms with Gasteiger partial charge in [0.1, 0.15) is 17.8 Å². The molecule has 2 saturated heterocycles. The predicted octanol–water partition coefficient (Wildman–Crippen LogP) is 4.03. The second-order valence-corrected chi connectivity index (χ2v) is 8.27. The Labute approximate surface area is 161 Å². The quantitative estimate of drug-likeness (QED) is 0.300.